The lowest BCUT2D eigenvalue weighted by molar-refractivity contribution is 0.286. The monoisotopic (exact) mass is 474 g/mol. The summed E-state index contributed by atoms with van der Waals surface area (Å²) in [6.45, 7) is 7.74. The Labute approximate surface area is 202 Å². The summed E-state index contributed by atoms with van der Waals surface area (Å²) in [4.78, 5) is 3.22. The van der Waals surface area contributed by atoms with E-state index in [9.17, 15) is 0 Å². The standard InChI is InChI=1S/C28H31ClN2OSi/c1-28(2,3)33(23-10-6-4-7-11-23,24-12-8-5-9-13-24)32-20-22-18-21(14-15-26(22)29)25-16-17-31-27(25)19-30/h4-18,31H,19-20,30H2,1-3H3. The normalized spacial score (nSPS) is 12.2. The zero-order chi connectivity index (χ0) is 23.5. The molecule has 0 amide bonds. The third-order valence-electron chi connectivity index (χ3n) is 6.25. The van der Waals surface area contributed by atoms with Gasteiger partial charge in [-0.1, -0.05) is 99.1 Å². The van der Waals surface area contributed by atoms with E-state index in [2.05, 4.69) is 98.6 Å². The third kappa shape index (κ3) is 4.57. The van der Waals surface area contributed by atoms with Gasteiger partial charge in [0.15, 0.2) is 0 Å². The van der Waals surface area contributed by atoms with Crippen LogP contribution in [0.4, 0.5) is 0 Å². The number of nitrogens with one attached hydrogen (secondary N) is 1. The molecule has 170 valence electrons. The topological polar surface area (TPSA) is 51.0 Å². The van der Waals surface area contributed by atoms with Crippen LogP contribution in [0, 0.1) is 0 Å². The van der Waals surface area contributed by atoms with Crippen LogP contribution in [0.2, 0.25) is 10.1 Å². The van der Waals surface area contributed by atoms with Gasteiger partial charge in [-0.25, -0.2) is 0 Å². The SMILES string of the molecule is CC(C)(C)[Si](OCc1cc(-c2cc[nH]c2CN)ccc1Cl)(c1ccccc1)c1ccccc1. The Balaban J connectivity index is 1.78. The van der Waals surface area contributed by atoms with Crippen LogP contribution in [0.3, 0.4) is 0 Å². The van der Waals surface area contributed by atoms with Crippen molar-refractivity contribution in [3.05, 3.63) is 107 Å². The summed E-state index contributed by atoms with van der Waals surface area (Å²) < 4.78 is 7.08. The zero-order valence-corrected chi connectivity index (χ0v) is 21.2. The first-order valence-corrected chi connectivity index (χ1v) is 13.6. The van der Waals surface area contributed by atoms with Gasteiger partial charge in [0.25, 0.3) is 8.32 Å². The molecule has 0 bridgehead atoms. The minimum Gasteiger partial charge on any atom is -0.403 e. The predicted octanol–water partition coefficient (Wildman–Crippen LogP) is 5.87. The molecule has 0 saturated heterocycles. The van der Waals surface area contributed by atoms with Crippen molar-refractivity contribution in [1.82, 2.24) is 4.98 Å². The highest BCUT2D eigenvalue weighted by Gasteiger charge is 2.50. The second kappa shape index (κ2) is 9.70. The van der Waals surface area contributed by atoms with Gasteiger partial charge in [-0.15, -0.1) is 0 Å². The van der Waals surface area contributed by atoms with Gasteiger partial charge in [-0.05, 0) is 44.7 Å². The molecule has 33 heavy (non-hydrogen) atoms. The van der Waals surface area contributed by atoms with E-state index in [4.69, 9.17) is 21.8 Å². The number of hydrogen-bond acceptors (Lipinski definition) is 2. The number of aromatic nitrogens is 1. The molecule has 0 aliphatic heterocycles. The molecule has 0 aliphatic carbocycles. The van der Waals surface area contributed by atoms with E-state index < -0.39 is 8.32 Å². The highest BCUT2D eigenvalue weighted by molar-refractivity contribution is 6.99. The van der Waals surface area contributed by atoms with Crippen molar-refractivity contribution in [2.75, 3.05) is 0 Å². The van der Waals surface area contributed by atoms with Gasteiger partial charge in [-0.2, -0.15) is 0 Å². The van der Waals surface area contributed by atoms with Gasteiger partial charge >= 0.3 is 0 Å². The molecular weight excluding hydrogens is 444 g/mol. The molecule has 3 aromatic carbocycles. The van der Waals surface area contributed by atoms with Crippen molar-refractivity contribution in [3.8, 4) is 11.1 Å². The summed E-state index contributed by atoms with van der Waals surface area (Å²) in [7, 11) is -2.64. The smallest absolute Gasteiger partial charge is 0.261 e. The Morgan fingerprint density at radius 2 is 1.48 bits per heavy atom. The molecule has 0 radical (unpaired) electrons. The molecule has 0 saturated carbocycles. The van der Waals surface area contributed by atoms with Crippen LogP contribution in [0.1, 0.15) is 32.0 Å². The molecule has 3 N–H and O–H groups in total. The third-order valence-corrected chi connectivity index (χ3v) is 11.6. The maximum atomic E-state index is 7.08. The first-order chi connectivity index (χ1) is 15.9. The van der Waals surface area contributed by atoms with Crippen LogP contribution < -0.4 is 16.1 Å². The van der Waals surface area contributed by atoms with Gasteiger partial charge in [0, 0.05) is 29.0 Å². The Hall–Kier alpha value is -2.63. The molecule has 3 nitrogen and oxygen atoms in total. The molecule has 0 unspecified atom stereocenters. The number of benzene rings is 3. The predicted molar refractivity (Wildman–Crippen MR) is 142 cm³/mol. The van der Waals surface area contributed by atoms with Crippen molar-refractivity contribution in [2.45, 2.75) is 39.0 Å². The van der Waals surface area contributed by atoms with E-state index in [1.807, 2.05) is 18.3 Å². The van der Waals surface area contributed by atoms with Crippen molar-refractivity contribution >= 4 is 30.3 Å². The van der Waals surface area contributed by atoms with E-state index in [0.29, 0.717) is 18.2 Å². The molecular formula is C28H31ClN2OSi. The van der Waals surface area contributed by atoms with Gasteiger partial charge in [0.05, 0.1) is 6.61 Å². The van der Waals surface area contributed by atoms with Crippen LogP contribution in [-0.2, 0) is 17.6 Å². The average molecular weight is 475 g/mol. The molecule has 0 spiro atoms. The summed E-state index contributed by atoms with van der Waals surface area (Å²) in [5, 5.41) is 3.13. The number of H-pyrrole nitrogens is 1. The van der Waals surface area contributed by atoms with E-state index in [1.165, 1.54) is 10.4 Å². The van der Waals surface area contributed by atoms with Crippen LogP contribution in [0.5, 0.6) is 0 Å². The fraction of sp³-hybridized carbons (Fsp3) is 0.214. The van der Waals surface area contributed by atoms with E-state index in [-0.39, 0.29) is 5.04 Å². The van der Waals surface area contributed by atoms with Gasteiger partial charge in [0.1, 0.15) is 0 Å². The highest BCUT2D eigenvalue weighted by atomic mass is 35.5. The second-order valence-electron chi connectivity index (χ2n) is 9.33. The molecule has 4 rings (SSSR count). The summed E-state index contributed by atoms with van der Waals surface area (Å²) in [6, 6.07) is 29.5. The first-order valence-electron chi connectivity index (χ1n) is 11.3. The Morgan fingerprint density at radius 3 is 2.03 bits per heavy atom. The summed E-state index contributed by atoms with van der Waals surface area (Å²) >= 11 is 6.67. The number of halogens is 1. The minimum absolute atomic E-state index is 0.0901. The van der Waals surface area contributed by atoms with Gasteiger partial charge < -0.3 is 15.1 Å². The van der Waals surface area contributed by atoms with Gasteiger partial charge in [-0.3, -0.25) is 0 Å². The quantitative estimate of drug-likeness (QED) is 0.329. The number of rotatable bonds is 7. The number of nitrogens with two attached hydrogens (primary N) is 1. The summed E-state index contributed by atoms with van der Waals surface area (Å²) in [5.74, 6) is 0. The Bertz CT molecular complexity index is 1160. The van der Waals surface area contributed by atoms with Crippen molar-refractivity contribution < 1.29 is 4.43 Å². The van der Waals surface area contributed by atoms with Crippen LogP contribution >= 0.6 is 11.6 Å². The first kappa shape index (κ1) is 23.5. The van der Waals surface area contributed by atoms with E-state index in [0.717, 1.165) is 22.4 Å². The largest absolute Gasteiger partial charge is 0.403 e. The number of hydrogen-bond donors (Lipinski definition) is 2. The lowest BCUT2D eigenvalue weighted by Crippen LogP contribution is -2.66. The average Bonchev–Trinajstić information content (AvgIpc) is 3.30. The van der Waals surface area contributed by atoms with Crippen molar-refractivity contribution in [3.63, 3.8) is 0 Å². The van der Waals surface area contributed by atoms with Crippen LogP contribution in [-0.4, -0.2) is 13.3 Å². The number of aromatic amines is 1. The Kier molecular flexibility index (Phi) is 6.91. The van der Waals surface area contributed by atoms with Crippen molar-refractivity contribution in [2.24, 2.45) is 5.73 Å². The van der Waals surface area contributed by atoms with Crippen molar-refractivity contribution in [1.29, 1.82) is 0 Å². The fourth-order valence-corrected chi connectivity index (χ4v) is 9.34. The molecule has 4 aromatic rings. The highest BCUT2D eigenvalue weighted by Crippen LogP contribution is 2.38. The van der Waals surface area contributed by atoms with E-state index in [1.54, 1.807) is 0 Å². The summed E-state index contributed by atoms with van der Waals surface area (Å²) in [5.41, 5.74) is 10.1. The lowest BCUT2D eigenvalue weighted by Gasteiger charge is -2.43. The maximum Gasteiger partial charge on any atom is 0.261 e. The summed E-state index contributed by atoms with van der Waals surface area (Å²) in [6.07, 6.45) is 1.92. The lowest BCUT2D eigenvalue weighted by atomic mass is 10.0. The second-order valence-corrected chi connectivity index (χ2v) is 14.0. The van der Waals surface area contributed by atoms with Gasteiger partial charge in [0.2, 0.25) is 0 Å². The maximum absolute atomic E-state index is 7.08. The minimum atomic E-state index is -2.64. The van der Waals surface area contributed by atoms with E-state index >= 15 is 0 Å². The molecule has 0 atom stereocenters. The fourth-order valence-electron chi connectivity index (χ4n) is 4.64. The molecule has 0 aliphatic rings. The molecule has 5 heteroatoms. The molecule has 1 aromatic heterocycles. The molecule has 1 heterocycles. The molecule has 0 fully saturated rings. The van der Waals surface area contributed by atoms with Crippen LogP contribution in [0.25, 0.3) is 11.1 Å². The van der Waals surface area contributed by atoms with Crippen LogP contribution in [0.15, 0.2) is 91.1 Å². The zero-order valence-electron chi connectivity index (χ0n) is 19.4. The Morgan fingerprint density at radius 1 is 0.879 bits per heavy atom.